The van der Waals surface area contributed by atoms with Gasteiger partial charge in [0.25, 0.3) is 0 Å². The van der Waals surface area contributed by atoms with Crippen molar-refractivity contribution in [1.82, 2.24) is 0 Å². The Hall–Kier alpha value is -2.57. The molecule has 0 N–H and O–H groups in total. The summed E-state index contributed by atoms with van der Waals surface area (Å²) in [6, 6.07) is 2.56. The van der Waals surface area contributed by atoms with E-state index >= 15 is 0 Å². The molecule has 0 radical (unpaired) electrons. The first kappa shape index (κ1) is 15.5. The van der Waals surface area contributed by atoms with Crippen LogP contribution in [0.1, 0.15) is 31.1 Å². The Morgan fingerprint density at radius 2 is 1.15 bits per heavy atom. The molecule has 0 spiro atoms. The first-order valence-corrected chi connectivity index (χ1v) is 5.47. The van der Waals surface area contributed by atoms with Crippen LogP contribution in [0.15, 0.2) is 12.1 Å². The smallest absolute Gasteiger partial charge is 0.339 e. The third-order valence-corrected chi connectivity index (χ3v) is 2.55. The van der Waals surface area contributed by atoms with Crippen molar-refractivity contribution in [3.8, 4) is 5.75 Å². The van der Waals surface area contributed by atoms with Gasteiger partial charge >= 0.3 is 17.9 Å². The fourth-order valence-electron chi connectivity index (χ4n) is 1.60. The summed E-state index contributed by atoms with van der Waals surface area (Å²) in [5.74, 6) is -2.24. The highest BCUT2D eigenvalue weighted by Gasteiger charge is 2.27. The number of ether oxygens (including phenoxy) is 4. The lowest BCUT2D eigenvalue weighted by molar-refractivity contribution is 0.0535. The van der Waals surface area contributed by atoms with Crippen LogP contribution in [0.3, 0.4) is 0 Å². The van der Waals surface area contributed by atoms with Crippen LogP contribution >= 0.6 is 0 Å². The second kappa shape index (κ2) is 6.55. The van der Waals surface area contributed by atoms with Gasteiger partial charge in [-0.25, -0.2) is 14.4 Å². The van der Waals surface area contributed by atoms with Crippen molar-refractivity contribution in [1.29, 1.82) is 0 Å². The van der Waals surface area contributed by atoms with E-state index in [0.29, 0.717) is 0 Å². The summed E-state index contributed by atoms with van der Waals surface area (Å²) in [6.45, 7) is 0. The van der Waals surface area contributed by atoms with E-state index in [-0.39, 0.29) is 22.4 Å². The molecule has 0 heterocycles. The maximum atomic E-state index is 11.8. The molecular weight excluding hydrogens is 268 g/mol. The Morgan fingerprint density at radius 1 is 0.750 bits per heavy atom. The van der Waals surface area contributed by atoms with E-state index < -0.39 is 17.9 Å². The van der Waals surface area contributed by atoms with Crippen LogP contribution in [-0.2, 0) is 14.2 Å². The van der Waals surface area contributed by atoms with Crippen molar-refractivity contribution < 1.29 is 33.3 Å². The number of methoxy groups -OCH3 is 4. The molecule has 1 aromatic carbocycles. The molecule has 0 saturated carbocycles. The number of rotatable bonds is 4. The van der Waals surface area contributed by atoms with Crippen LogP contribution < -0.4 is 4.74 Å². The van der Waals surface area contributed by atoms with Crippen molar-refractivity contribution in [2.45, 2.75) is 0 Å². The number of hydrogen-bond acceptors (Lipinski definition) is 7. The summed E-state index contributed by atoms with van der Waals surface area (Å²) in [4.78, 5) is 35.3. The maximum Gasteiger partial charge on any atom is 0.339 e. The average molecular weight is 282 g/mol. The van der Waals surface area contributed by atoms with E-state index in [1.54, 1.807) is 0 Å². The molecule has 0 atom stereocenters. The Labute approximate surface area is 115 Å². The highest BCUT2D eigenvalue weighted by atomic mass is 16.5. The monoisotopic (exact) mass is 282 g/mol. The van der Waals surface area contributed by atoms with Gasteiger partial charge in [0, 0.05) is 0 Å². The molecule has 1 rings (SSSR count). The lowest BCUT2D eigenvalue weighted by Crippen LogP contribution is -2.18. The van der Waals surface area contributed by atoms with Gasteiger partial charge in [0.1, 0.15) is 5.75 Å². The molecule has 0 amide bonds. The zero-order chi connectivity index (χ0) is 15.3. The van der Waals surface area contributed by atoms with Gasteiger partial charge in [-0.3, -0.25) is 0 Å². The molecule has 7 nitrogen and oxygen atoms in total. The molecule has 0 aromatic heterocycles. The van der Waals surface area contributed by atoms with Gasteiger partial charge < -0.3 is 18.9 Å². The topological polar surface area (TPSA) is 88.1 Å². The minimum absolute atomic E-state index is 0.140. The largest absolute Gasteiger partial charge is 0.497 e. The van der Waals surface area contributed by atoms with Gasteiger partial charge in [-0.2, -0.15) is 0 Å². The number of carbonyl (C=O) groups excluding carboxylic acids is 3. The highest BCUT2D eigenvalue weighted by molar-refractivity contribution is 6.10. The van der Waals surface area contributed by atoms with Crippen LogP contribution in [0.4, 0.5) is 0 Å². The van der Waals surface area contributed by atoms with E-state index in [9.17, 15) is 14.4 Å². The van der Waals surface area contributed by atoms with E-state index in [1.165, 1.54) is 19.2 Å². The summed E-state index contributed by atoms with van der Waals surface area (Å²) < 4.78 is 18.7. The lowest BCUT2D eigenvalue weighted by Gasteiger charge is -2.12. The van der Waals surface area contributed by atoms with Crippen molar-refractivity contribution >= 4 is 17.9 Å². The molecule has 0 bridgehead atoms. The zero-order valence-corrected chi connectivity index (χ0v) is 11.5. The molecule has 108 valence electrons. The van der Waals surface area contributed by atoms with Crippen LogP contribution in [0, 0.1) is 0 Å². The molecule has 0 unspecified atom stereocenters. The van der Waals surface area contributed by atoms with Crippen LogP contribution in [0.25, 0.3) is 0 Å². The van der Waals surface area contributed by atoms with E-state index in [0.717, 1.165) is 21.3 Å². The van der Waals surface area contributed by atoms with Gasteiger partial charge in [-0.15, -0.1) is 0 Å². The molecule has 0 aliphatic carbocycles. The highest BCUT2D eigenvalue weighted by Crippen LogP contribution is 2.25. The summed E-state index contributed by atoms with van der Waals surface area (Å²) in [5, 5.41) is 0. The van der Waals surface area contributed by atoms with E-state index in [4.69, 9.17) is 4.74 Å². The van der Waals surface area contributed by atoms with Crippen molar-refractivity contribution in [3.63, 3.8) is 0 Å². The predicted molar refractivity (Wildman–Crippen MR) is 67.0 cm³/mol. The molecule has 20 heavy (non-hydrogen) atoms. The van der Waals surface area contributed by atoms with Gasteiger partial charge in [0.2, 0.25) is 0 Å². The summed E-state index contributed by atoms with van der Waals surface area (Å²) >= 11 is 0. The van der Waals surface area contributed by atoms with Gasteiger partial charge in [0.15, 0.2) is 0 Å². The zero-order valence-electron chi connectivity index (χ0n) is 11.5. The number of esters is 3. The lowest BCUT2D eigenvalue weighted by atomic mass is 10.00. The van der Waals surface area contributed by atoms with Crippen LogP contribution in [0.2, 0.25) is 0 Å². The molecule has 0 saturated heterocycles. The molecule has 0 aliphatic rings. The van der Waals surface area contributed by atoms with Crippen LogP contribution in [-0.4, -0.2) is 46.3 Å². The van der Waals surface area contributed by atoms with Crippen LogP contribution in [0.5, 0.6) is 5.75 Å². The number of hydrogen-bond donors (Lipinski definition) is 0. The molecule has 0 aliphatic heterocycles. The Balaban J connectivity index is 3.66. The molecular formula is C13H14O7. The first-order chi connectivity index (χ1) is 9.49. The normalized spacial score (nSPS) is 9.60. The predicted octanol–water partition coefficient (Wildman–Crippen LogP) is 1.05. The Kier molecular flexibility index (Phi) is 5.08. The first-order valence-electron chi connectivity index (χ1n) is 5.47. The van der Waals surface area contributed by atoms with Crippen molar-refractivity contribution in [3.05, 3.63) is 28.8 Å². The second-order valence-electron chi connectivity index (χ2n) is 3.57. The molecule has 1 aromatic rings. The summed E-state index contributed by atoms with van der Waals surface area (Å²) in [5.41, 5.74) is -0.509. The molecule has 0 fully saturated rings. The minimum Gasteiger partial charge on any atom is -0.497 e. The number of carbonyl (C=O) groups is 3. The van der Waals surface area contributed by atoms with Gasteiger partial charge in [-0.1, -0.05) is 0 Å². The van der Waals surface area contributed by atoms with E-state index in [2.05, 4.69) is 14.2 Å². The third-order valence-electron chi connectivity index (χ3n) is 2.55. The Bertz CT molecular complexity index is 511. The van der Waals surface area contributed by atoms with Crippen molar-refractivity contribution in [2.24, 2.45) is 0 Å². The average Bonchev–Trinajstić information content (AvgIpc) is 2.50. The SMILES string of the molecule is COC(=O)c1cc(OC)cc(C(=O)OC)c1C(=O)OC. The summed E-state index contributed by atoms with van der Waals surface area (Å²) in [6.07, 6.45) is 0. The molecule has 7 heteroatoms. The van der Waals surface area contributed by atoms with Gasteiger partial charge in [0.05, 0.1) is 45.1 Å². The third kappa shape index (κ3) is 2.87. The summed E-state index contributed by atoms with van der Waals surface area (Å²) in [7, 11) is 4.80. The van der Waals surface area contributed by atoms with Gasteiger partial charge in [-0.05, 0) is 12.1 Å². The number of benzene rings is 1. The maximum absolute atomic E-state index is 11.8. The Morgan fingerprint density at radius 3 is 1.45 bits per heavy atom. The standard InChI is InChI=1S/C13H14O7/c1-17-7-5-8(11(14)18-2)10(13(16)20-4)9(6-7)12(15)19-3/h5-6H,1-4H3. The van der Waals surface area contributed by atoms with E-state index in [1.807, 2.05) is 0 Å². The fourth-order valence-corrected chi connectivity index (χ4v) is 1.60. The fraction of sp³-hybridized carbons (Fsp3) is 0.308. The quantitative estimate of drug-likeness (QED) is 0.602. The minimum atomic E-state index is -0.853. The second-order valence-corrected chi connectivity index (χ2v) is 3.57. The van der Waals surface area contributed by atoms with Crippen molar-refractivity contribution in [2.75, 3.05) is 28.4 Å².